The van der Waals surface area contributed by atoms with Crippen molar-refractivity contribution in [3.63, 3.8) is 0 Å². The fraction of sp³-hybridized carbons (Fsp3) is 0.125. The fourth-order valence-electron chi connectivity index (χ4n) is 2.38. The molecular formula is C16H15FN4O2S. The molecule has 0 spiro atoms. The maximum absolute atomic E-state index is 14.4. The van der Waals surface area contributed by atoms with E-state index in [1.807, 2.05) is 30.3 Å². The number of halogens is 1. The third-order valence-electron chi connectivity index (χ3n) is 3.46. The van der Waals surface area contributed by atoms with Crippen LogP contribution in [0.25, 0.3) is 5.69 Å². The summed E-state index contributed by atoms with van der Waals surface area (Å²) < 4.78 is 38.4. The van der Waals surface area contributed by atoms with Crippen LogP contribution in [-0.4, -0.2) is 23.2 Å². The molecule has 0 aliphatic rings. The van der Waals surface area contributed by atoms with Gasteiger partial charge in [-0.2, -0.15) is 5.10 Å². The molecule has 8 heteroatoms. The average molecular weight is 346 g/mol. The van der Waals surface area contributed by atoms with Crippen molar-refractivity contribution in [1.82, 2.24) is 14.8 Å². The van der Waals surface area contributed by atoms with Crippen LogP contribution >= 0.6 is 0 Å². The third-order valence-corrected chi connectivity index (χ3v) is 4.37. The lowest BCUT2D eigenvalue weighted by molar-refractivity contribution is 0.587. The van der Waals surface area contributed by atoms with Crippen molar-refractivity contribution >= 4 is 10.0 Å². The van der Waals surface area contributed by atoms with Crippen LogP contribution in [0.5, 0.6) is 0 Å². The Morgan fingerprint density at radius 2 is 1.88 bits per heavy atom. The van der Waals surface area contributed by atoms with E-state index in [1.54, 1.807) is 6.92 Å². The number of nitrogens with zero attached hydrogens (tertiary/aromatic N) is 3. The number of aryl methyl sites for hydroxylation is 1. The van der Waals surface area contributed by atoms with Gasteiger partial charge in [0.05, 0.1) is 4.90 Å². The summed E-state index contributed by atoms with van der Waals surface area (Å²) in [6, 6.07) is 13.1. The fourth-order valence-corrected chi connectivity index (χ4v) is 2.91. The second-order valence-corrected chi connectivity index (χ2v) is 6.87. The van der Waals surface area contributed by atoms with Gasteiger partial charge in [-0.25, -0.2) is 27.6 Å². The molecule has 0 aliphatic heterocycles. The molecular weight excluding hydrogens is 331 g/mol. The molecule has 1 aromatic heterocycles. The van der Waals surface area contributed by atoms with Crippen LogP contribution in [0, 0.1) is 12.7 Å². The van der Waals surface area contributed by atoms with Gasteiger partial charge in [0.25, 0.3) is 0 Å². The van der Waals surface area contributed by atoms with Crippen LogP contribution in [0.3, 0.4) is 0 Å². The van der Waals surface area contributed by atoms with E-state index in [-0.39, 0.29) is 10.6 Å². The van der Waals surface area contributed by atoms with Crippen molar-refractivity contribution in [2.45, 2.75) is 18.2 Å². The number of nitrogens with two attached hydrogens (primary N) is 1. The number of hydrogen-bond donors (Lipinski definition) is 1. The van der Waals surface area contributed by atoms with Crippen LogP contribution in [-0.2, 0) is 16.4 Å². The second-order valence-electron chi connectivity index (χ2n) is 5.31. The Morgan fingerprint density at radius 3 is 2.50 bits per heavy atom. The Balaban J connectivity index is 2.04. The summed E-state index contributed by atoms with van der Waals surface area (Å²) in [6.45, 7) is 1.71. The van der Waals surface area contributed by atoms with E-state index in [1.165, 1.54) is 16.8 Å². The topological polar surface area (TPSA) is 90.9 Å². The highest BCUT2D eigenvalue weighted by Crippen LogP contribution is 2.20. The van der Waals surface area contributed by atoms with Crippen molar-refractivity contribution in [1.29, 1.82) is 0 Å². The minimum absolute atomic E-state index is 0.119. The van der Waals surface area contributed by atoms with Gasteiger partial charge < -0.3 is 0 Å². The number of sulfonamides is 1. The Morgan fingerprint density at radius 1 is 1.17 bits per heavy atom. The summed E-state index contributed by atoms with van der Waals surface area (Å²) in [7, 11) is -3.96. The summed E-state index contributed by atoms with van der Waals surface area (Å²) in [5, 5.41) is 9.24. The third kappa shape index (κ3) is 3.34. The molecule has 0 amide bonds. The Bertz CT molecular complexity index is 985. The van der Waals surface area contributed by atoms with E-state index >= 15 is 0 Å². The first kappa shape index (κ1) is 16.3. The molecule has 24 heavy (non-hydrogen) atoms. The molecule has 124 valence electrons. The molecule has 2 N–H and O–H groups in total. The van der Waals surface area contributed by atoms with Crippen LogP contribution in [0.4, 0.5) is 4.39 Å². The van der Waals surface area contributed by atoms with E-state index in [0.717, 1.165) is 11.6 Å². The van der Waals surface area contributed by atoms with Gasteiger partial charge in [-0.15, -0.1) is 0 Å². The molecule has 0 saturated heterocycles. The van der Waals surface area contributed by atoms with E-state index in [9.17, 15) is 12.8 Å². The minimum atomic E-state index is -3.96. The van der Waals surface area contributed by atoms with Gasteiger partial charge in [0.1, 0.15) is 23.2 Å². The lowest BCUT2D eigenvalue weighted by Crippen LogP contribution is -2.13. The predicted octanol–water partition coefficient (Wildman–Crippen LogP) is 1.95. The van der Waals surface area contributed by atoms with Gasteiger partial charge in [0.15, 0.2) is 0 Å². The zero-order chi connectivity index (χ0) is 17.3. The SMILES string of the molecule is Cc1nc(Cc2ccccc2)n(-c2ccc(S(N)(=O)=O)cc2F)n1. The summed E-state index contributed by atoms with van der Waals surface area (Å²) >= 11 is 0. The lowest BCUT2D eigenvalue weighted by atomic mass is 10.1. The van der Waals surface area contributed by atoms with Gasteiger partial charge >= 0.3 is 0 Å². The molecule has 0 bridgehead atoms. The lowest BCUT2D eigenvalue weighted by Gasteiger charge is -2.08. The molecule has 0 unspecified atom stereocenters. The first-order valence-electron chi connectivity index (χ1n) is 7.14. The van der Waals surface area contributed by atoms with Crippen molar-refractivity contribution in [3.8, 4) is 5.69 Å². The van der Waals surface area contributed by atoms with Crippen molar-refractivity contribution in [2.24, 2.45) is 5.14 Å². The highest BCUT2D eigenvalue weighted by Gasteiger charge is 2.16. The van der Waals surface area contributed by atoms with Gasteiger partial charge in [-0.1, -0.05) is 30.3 Å². The predicted molar refractivity (Wildman–Crippen MR) is 86.7 cm³/mol. The quantitative estimate of drug-likeness (QED) is 0.782. The standard InChI is InChI=1S/C16H15FN4O2S/c1-11-19-16(9-12-5-3-2-4-6-12)21(20-11)15-8-7-13(10-14(15)17)24(18,22)23/h2-8,10H,9H2,1H3,(H2,18,22,23). The van der Waals surface area contributed by atoms with Gasteiger partial charge in [0, 0.05) is 6.42 Å². The first-order chi connectivity index (χ1) is 11.3. The zero-order valence-electron chi connectivity index (χ0n) is 12.8. The van der Waals surface area contributed by atoms with Gasteiger partial charge in [-0.05, 0) is 30.7 Å². The Labute approximate surface area is 138 Å². The molecule has 0 saturated carbocycles. The minimum Gasteiger partial charge on any atom is -0.225 e. The normalized spacial score (nSPS) is 11.6. The Hall–Kier alpha value is -2.58. The average Bonchev–Trinajstić information content (AvgIpc) is 2.87. The largest absolute Gasteiger partial charge is 0.238 e. The molecule has 0 radical (unpaired) electrons. The van der Waals surface area contributed by atoms with Crippen LogP contribution in [0.15, 0.2) is 53.4 Å². The molecule has 3 rings (SSSR count). The molecule has 2 aromatic carbocycles. The number of rotatable bonds is 4. The monoisotopic (exact) mass is 346 g/mol. The first-order valence-corrected chi connectivity index (χ1v) is 8.68. The molecule has 6 nitrogen and oxygen atoms in total. The van der Waals surface area contributed by atoms with E-state index < -0.39 is 15.8 Å². The molecule has 1 heterocycles. The van der Waals surface area contributed by atoms with Crippen molar-refractivity contribution < 1.29 is 12.8 Å². The summed E-state index contributed by atoms with van der Waals surface area (Å²) in [5.74, 6) is 0.317. The summed E-state index contributed by atoms with van der Waals surface area (Å²) in [5.41, 5.74) is 1.13. The van der Waals surface area contributed by atoms with Crippen LogP contribution in [0.1, 0.15) is 17.2 Å². The summed E-state index contributed by atoms with van der Waals surface area (Å²) in [6.07, 6.45) is 0.470. The maximum atomic E-state index is 14.4. The number of aromatic nitrogens is 3. The highest BCUT2D eigenvalue weighted by molar-refractivity contribution is 7.89. The highest BCUT2D eigenvalue weighted by atomic mass is 32.2. The van der Waals surface area contributed by atoms with E-state index in [2.05, 4.69) is 10.1 Å². The molecule has 0 atom stereocenters. The van der Waals surface area contributed by atoms with Crippen molar-refractivity contribution in [3.05, 3.63) is 71.6 Å². The number of benzene rings is 2. The van der Waals surface area contributed by atoms with Gasteiger partial charge in [0.2, 0.25) is 10.0 Å². The smallest absolute Gasteiger partial charge is 0.225 e. The van der Waals surface area contributed by atoms with Crippen LogP contribution < -0.4 is 5.14 Å². The maximum Gasteiger partial charge on any atom is 0.238 e. The van der Waals surface area contributed by atoms with Crippen LogP contribution in [0.2, 0.25) is 0 Å². The molecule has 0 aliphatic carbocycles. The van der Waals surface area contributed by atoms with E-state index in [0.29, 0.717) is 18.1 Å². The Kier molecular flexibility index (Phi) is 4.16. The second kappa shape index (κ2) is 6.14. The zero-order valence-corrected chi connectivity index (χ0v) is 13.7. The number of hydrogen-bond acceptors (Lipinski definition) is 4. The van der Waals surface area contributed by atoms with Gasteiger partial charge in [-0.3, -0.25) is 0 Å². The van der Waals surface area contributed by atoms with E-state index in [4.69, 9.17) is 5.14 Å². The van der Waals surface area contributed by atoms with Crippen molar-refractivity contribution in [2.75, 3.05) is 0 Å². The summed E-state index contributed by atoms with van der Waals surface area (Å²) in [4.78, 5) is 4.05. The molecule has 3 aromatic rings. The molecule has 0 fully saturated rings. The number of primary sulfonamides is 1.